The van der Waals surface area contributed by atoms with E-state index < -0.39 is 15.9 Å². The Morgan fingerprint density at radius 3 is 2.77 bits per heavy atom. The quantitative estimate of drug-likeness (QED) is 0.528. The Bertz CT molecular complexity index is 943. The molecule has 0 spiro atoms. The summed E-state index contributed by atoms with van der Waals surface area (Å²) in [6, 6.07) is 11.8. The molecule has 0 saturated heterocycles. The van der Waals surface area contributed by atoms with Gasteiger partial charge in [-0.25, -0.2) is 13.1 Å². The van der Waals surface area contributed by atoms with Gasteiger partial charge in [-0.2, -0.15) is 5.26 Å². The van der Waals surface area contributed by atoms with E-state index in [-0.39, 0.29) is 16.9 Å². The number of thioether (sulfide) groups is 1. The summed E-state index contributed by atoms with van der Waals surface area (Å²) in [4.78, 5) is 13.2. The standard InChI is InChI=1S/C17H17N3O4S2/c18-10-3-11-25-15-5-2-1-4-13(15)19-17(21)14-8-9-16(24-14)26(22,23)20-12-6-7-12/h1-2,4-5,8-9,12,20H,3,6-7,11H2,(H,19,21). The molecule has 9 heteroatoms. The highest BCUT2D eigenvalue weighted by Crippen LogP contribution is 2.28. The lowest BCUT2D eigenvalue weighted by atomic mass is 10.3. The van der Waals surface area contributed by atoms with E-state index in [2.05, 4.69) is 16.1 Å². The van der Waals surface area contributed by atoms with Crippen LogP contribution < -0.4 is 10.0 Å². The molecule has 3 rings (SSSR count). The van der Waals surface area contributed by atoms with E-state index in [1.807, 2.05) is 12.1 Å². The lowest BCUT2D eigenvalue weighted by Crippen LogP contribution is -2.25. The number of nitriles is 1. The summed E-state index contributed by atoms with van der Waals surface area (Å²) in [6.45, 7) is 0. The molecule has 0 atom stereocenters. The molecule has 1 amide bonds. The Labute approximate surface area is 155 Å². The monoisotopic (exact) mass is 391 g/mol. The van der Waals surface area contributed by atoms with Crippen LogP contribution in [0.5, 0.6) is 0 Å². The van der Waals surface area contributed by atoms with Gasteiger partial charge in [-0.1, -0.05) is 12.1 Å². The minimum absolute atomic E-state index is 0.0420. The number of carbonyl (C=O) groups is 1. The van der Waals surface area contributed by atoms with Crippen molar-refractivity contribution in [2.24, 2.45) is 0 Å². The molecule has 0 bridgehead atoms. The Morgan fingerprint density at radius 1 is 1.27 bits per heavy atom. The molecule has 136 valence electrons. The summed E-state index contributed by atoms with van der Waals surface area (Å²) in [6.07, 6.45) is 2.03. The maximum Gasteiger partial charge on any atom is 0.291 e. The molecule has 1 aliphatic rings. The topological polar surface area (TPSA) is 112 Å². The van der Waals surface area contributed by atoms with Crippen molar-refractivity contribution in [1.82, 2.24) is 4.72 Å². The number of para-hydroxylation sites is 1. The van der Waals surface area contributed by atoms with Gasteiger partial charge in [-0.05, 0) is 37.1 Å². The van der Waals surface area contributed by atoms with Crippen molar-refractivity contribution >= 4 is 33.4 Å². The fourth-order valence-electron chi connectivity index (χ4n) is 2.15. The number of amides is 1. The number of nitrogens with one attached hydrogen (secondary N) is 2. The van der Waals surface area contributed by atoms with Crippen molar-refractivity contribution in [2.75, 3.05) is 11.1 Å². The molecule has 2 N–H and O–H groups in total. The number of anilines is 1. The Balaban J connectivity index is 1.70. The molecule has 1 aromatic heterocycles. The second-order valence-electron chi connectivity index (χ2n) is 5.72. The van der Waals surface area contributed by atoms with Crippen LogP contribution in [0, 0.1) is 11.3 Å². The lowest BCUT2D eigenvalue weighted by Gasteiger charge is -2.09. The molecular formula is C17H17N3O4S2. The van der Waals surface area contributed by atoms with Gasteiger partial charge in [0.25, 0.3) is 15.9 Å². The van der Waals surface area contributed by atoms with Gasteiger partial charge in [0.2, 0.25) is 5.09 Å². The van der Waals surface area contributed by atoms with Crippen LogP contribution >= 0.6 is 11.8 Å². The third-order valence-electron chi connectivity index (χ3n) is 3.58. The first-order valence-corrected chi connectivity index (χ1v) is 10.5. The summed E-state index contributed by atoms with van der Waals surface area (Å²) < 4.78 is 32.0. The third kappa shape index (κ3) is 4.66. The second-order valence-corrected chi connectivity index (χ2v) is 8.50. The van der Waals surface area contributed by atoms with E-state index in [0.29, 0.717) is 17.9 Å². The van der Waals surface area contributed by atoms with Gasteiger partial charge < -0.3 is 9.73 Å². The van der Waals surface area contributed by atoms with E-state index in [1.54, 1.807) is 12.1 Å². The van der Waals surface area contributed by atoms with E-state index >= 15 is 0 Å². The van der Waals surface area contributed by atoms with Crippen LogP contribution in [0.15, 0.2) is 50.8 Å². The average molecular weight is 391 g/mol. The largest absolute Gasteiger partial charge is 0.438 e. The first kappa shape index (κ1) is 18.5. The van der Waals surface area contributed by atoms with Gasteiger partial charge in [0, 0.05) is 23.1 Å². The Hall–Kier alpha value is -2.28. The molecule has 1 heterocycles. The predicted molar refractivity (Wildman–Crippen MR) is 97.4 cm³/mol. The summed E-state index contributed by atoms with van der Waals surface area (Å²) in [5.74, 6) is -0.0106. The van der Waals surface area contributed by atoms with Crippen molar-refractivity contribution in [3.63, 3.8) is 0 Å². The molecule has 0 radical (unpaired) electrons. The van der Waals surface area contributed by atoms with Crippen molar-refractivity contribution in [3.8, 4) is 6.07 Å². The van der Waals surface area contributed by atoms with Crippen LogP contribution in [0.2, 0.25) is 0 Å². The average Bonchev–Trinajstić information content (AvgIpc) is 3.25. The Morgan fingerprint density at radius 2 is 2.04 bits per heavy atom. The number of hydrogen-bond acceptors (Lipinski definition) is 6. The van der Waals surface area contributed by atoms with Crippen LogP contribution in [0.25, 0.3) is 0 Å². The molecule has 2 aromatic rings. The van der Waals surface area contributed by atoms with Crippen LogP contribution in [-0.2, 0) is 10.0 Å². The zero-order chi connectivity index (χ0) is 18.6. The van der Waals surface area contributed by atoms with Crippen molar-refractivity contribution in [2.45, 2.75) is 35.3 Å². The molecule has 0 aliphatic heterocycles. The molecule has 7 nitrogen and oxygen atoms in total. The normalized spacial score (nSPS) is 14.0. The molecule has 1 aliphatic carbocycles. The maximum atomic E-state index is 12.4. The number of rotatable bonds is 8. The summed E-state index contributed by atoms with van der Waals surface area (Å²) in [5, 5.41) is 11.1. The highest BCUT2D eigenvalue weighted by atomic mass is 32.2. The second kappa shape index (κ2) is 7.95. The van der Waals surface area contributed by atoms with E-state index in [0.717, 1.165) is 17.7 Å². The van der Waals surface area contributed by atoms with Crippen LogP contribution in [0.1, 0.15) is 29.8 Å². The third-order valence-corrected chi connectivity index (χ3v) is 6.04. The number of carbonyl (C=O) groups excluding carboxylic acids is 1. The van der Waals surface area contributed by atoms with Gasteiger partial charge in [0.1, 0.15) is 0 Å². The molecule has 1 saturated carbocycles. The van der Waals surface area contributed by atoms with Crippen LogP contribution in [-0.4, -0.2) is 26.1 Å². The number of sulfonamides is 1. The van der Waals surface area contributed by atoms with Crippen molar-refractivity contribution in [1.29, 1.82) is 5.26 Å². The molecule has 26 heavy (non-hydrogen) atoms. The van der Waals surface area contributed by atoms with Gasteiger partial charge in [-0.15, -0.1) is 11.8 Å². The zero-order valence-corrected chi connectivity index (χ0v) is 15.4. The Kier molecular flexibility index (Phi) is 5.66. The number of hydrogen-bond donors (Lipinski definition) is 2. The van der Waals surface area contributed by atoms with Gasteiger partial charge in [-0.3, -0.25) is 4.79 Å². The minimum Gasteiger partial charge on any atom is -0.438 e. The predicted octanol–water partition coefficient (Wildman–Crippen LogP) is 2.98. The highest BCUT2D eigenvalue weighted by molar-refractivity contribution is 7.99. The van der Waals surface area contributed by atoms with Gasteiger partial charge >= 0.3 is 0 Å². The zero-order valence-electron chi connectivity index (χ0n) is 13.8. The first-order chi connectivity index (χ1) is 12.5. The minimum atomic E-state index is -3.74. The van der Waals surface area contributed by atoms with Crippen LogP contribution in [0.3, 0.4) is 0 Å². The molecule has 0 unspecified atom stereocenters. The molecule has 1 aromatic carbocycles. The number of nitrogens with zero attached hydrogens (tertiary/aromatic N) is 1. The van der Waals surface area contributed by atoms with Gasteiger partial charge in [0.05, 0.1) is 11.8 Å². The fourth-order valence-corrected chi connectivity index (χ4v) is 4.25. The van der Waals surface area contributed by atoms with Crippen LogP contribution in [0.4, 0.5) is 5.69 Å². The van der Waals surface area contributed by atoms with E-state index in [9.17, 15) is 13.2 Å². The fraction of sp³-hybridized carbons (Fsp3) is 0.294. The maximum absolute atomic E-state index is 12.4. The molecular weight excluding hydrogens is 374 g/mol. The lowest BCUT2D eigenvalue weighted by molar-refractivity contribution is 0.0991. The number of furan rings is 1. The van der Waals surface area contributed by atoms with Crippen molar-refractivity contribution < 1.29 is 17.6 Å². The van der Waals surface area contributed by atoms with E-state index in [1.165, 1.54) is 23.9 Å². The summed E-state index contributed by atoms with van der Waals surface area (Å²) in [5.41, 5.74) is 0.581. The number of benzene rings is 1. The van der Waals surface area contributed by atoms with Crippen molar-refractivity contribution in [3.05, 3.63) is 42.2 Å². The first-order valence-electron chi connectivity index (χ1n) is 8.02. The van der Waals surface area contributed by atoms with Gasteiger partial charge in [0.15, 0.2) is 5.76 Å². The summed E-state index contributed by atoms with van der Waals surface area (Å²) in [7, 11) is -3.74. The summed E-state index contributed by atoms with van der Waals surface area (Å²) >= 11 is 1.46. The SMILES string of the molecule is N#CCCSc1ccccc1NC(=O)c1ccc(S(=O)(=O)NC2CC2)o1. The molecule has 1 fully saturated rings. The highest BCUT2D eigenvalue weighted by Gasteiger charge is 2.30. The smallest absolute Gasteiger partial charge is 0.291 e. The van der Waals surface area contributed by atoms with E-state index in [4.69, 9.17) is 9.68 Å².